The Morgan fingerprint density at radius 1 is 1.26 bits per heavy atom. The number of hydrogen-bond acceptors (Lipinski definition) is 8. The van der Waals surface area contributed by atoms with E-state index in [4.69, 9.17) is 14.9 Å². The number of aryl methyl sites for hydroxylation is 1. The van der Waals surface area contributed by atoms with Crippen LogP contribution in [-0.2, 0) is 4.74 Å². The van der Waals surface area contributed by atoms with Gasteiger partial charge in [0.1, 0.15) is 17.6 Å². The molecule has 10 nitrogen and oxygen atoms in total. The molecule has 0 aliphatic carbocycles. The number of anilines is 1. The molecule has 0 radical (unpaired) electrons. The van der Waals surface area contributed by atoms with E-state index in [0.29, 0.717) is 24.6 Å². The topological polar surface area (TPSA) is 133 Å². The highest BCUT2D eigenvalue weighted by molar-refractivity contribution is 5.98. The van der Waals surface area contributed by atoms with Gasteiger partial charge in [0.2, 0.25) is 5.89 Å². The zero-order chi connectivity index (χ0) is 21.4. The minimum atomic E-state index is -0.388. The predicted octanol–water partition coefficient (Wildman–Crippen LogP) is 2.25. The molecule has 0 aromatic carbocycles. The summed E-state index contributed by atoms with van der Waals surface area (Å²) in [5.74, 6) is -0.115. The highest BCUT2D eigenvalue weighted by Gasteiger charge is 2.24. The molecule has 4 aromatic heterocycles. The molecule has 1 atom stereocenters. The van der Waals surface area contributed by atoms with E-state index in [1.54, 1.807) is 6.20 Å². The van der Waals surface area contributed by atoms with Crippen molar-refractivity contribution in [1.29, 1.82) is 0 Å². The van der Waals surface area contributed by atoms with Crippen LogP contribution in [0.4, 0.5) is 5.82 Å². The molecule has 1 unspecified atom stereocenters. The van der Waals surface area contributed by atoms with Crippen molar-refractivity contribution in [3.63, 3.8) is 0 Å². The summed E-state index contributed by atoms with van der Waals surface area (Å²) in [7, 11) is 0. The Labute approximate surface area is 177 Å². The lowest BCUT2D eigenvalue weighted by molar-refractivity contribution is 0.0622. The van der Waals surface area contributed by atoms with Crippen molar-refractivity contribution in [2.24, 2.45) is 0 Å². The van der Waals surface area contributed by atoms with E-state index < -0.39 is 0 Å². The first-order valence-corrected chi connectivity index (χ1v) is 10.00. The minimum absolute atomic E-state index is 0.00562. The monoisotopic (exact) mass is 419 g/mol. The number of nitrogen functional groups attached to an aromatic ring is 1. The number of imidazole rings is 1. The second-order valence-electron chi connectivity index (χ2n) is 7.43. The number of rotatable bonds is 4. The maximum Gasteiger partial charge on any atom is 0.274 e. The molecule has 158 valence electrons. The highest BCUT2D eigenvalue weighted by Crippen LogP contribution is 2.30. The first-order chi connectivity index (χ1) is 15.1. The number of hydrogen-bond donors (Lipinski definition) is 2. The molecule has 1 saturated heterocycles. The summed E-state index contributed by atoms with van der Waals surface area (Å²) in [6.07, 6.45) is 8.38. The number of oxazole rings is 1. The molecular weight excluding hydrogens is 398 g/mol. The van der Waals surface area contributed by atoms with Crippen molar-refractivity contribution in [3.8, 4) is 22.8 Å². The summed E-state index contributed by atoms with van der Waals surface area (Å²) < 4.78 is 12.8. The molecule has 1 aliphatic heterocycles. The lowest BCUT2D eigenvalue weighted by Gasteiger charge is -2.23. The lowest BCUT2D eigenvalue weighted by atomic mass is 10.1. The molecule has 1 fully saturated rings. The van der Waals surface area contributed by atoms with Gasteiger partial charge in [0.05, 0.1) is 18.8 Å². The fourth-order valence-electron chi connectivity index (χ4n) is 3.66. The molecule has 0 spiro atoms. The van der Waals surface area contributed by atoms with Gasteiger partial charge in [0, 0.05) is 30.3 Å². The molecular formula is C21H21N7O3. The van der Waals surface area contributed by atoms with E-state index in [1.165, 1.54) is 12.5 Å². The number of ether oxygens (including phenoxy) is 1. The third-order valence-corrected chi connectivity index (χ3v) is 5.23. The van der Waals surface area contributed by atoms with Gasteiger partial charge in [-0.25, -0.2) is 19.9 Å². The minimum Gasteiger partial charge on any atom is -0.443 e. The van der Waals surface area contributed by atoms with Crippen LogP contribution in [0.2, 0.25) is 0 Å². The van der Waals surface area contributed by atoms with Gasteiger partial charge in [0.25, 0.3) is 5.91 Å². The van der Waals surface area contributed by atoms with Gasteiger partial charge in [-0.3, -0.25) is 4.79 Å². The van der Waals surface area contributed by atoms with Crippen molar-refractivity contribution in [2.75, 3.05) is 18.9 Å². The van der Waals surface area contributed by atoms with Crippen molar-refractivity contribution in [1.82, 2.24) is 29.7 Å². The van der Waals surface area contributed by atoms with Gasteiger partial charge in [-0.2, -0.15) is 0 Å². The second kappa shape index (κ2) is 7.80. The molecule has 4 aromatic rings. The molecule has 0 saturated carbocycles. The Morgan fingerprint density at radius 3 is 2.94 bits per heavy atom. The number of nitrogens with one attached hydrogen (secondary N) is 1. The summed E-state index contributed by atoms with van der Waals surface area (Å²) in [6, 6.07) is 3.66. The fraction of sp³-hybridized carbons (Fsp3) is 0.286. The summed E-state index contributed by atoms with van der Waals surface area (Å²) in [5.41, 5.74) is 9.48. The van der Waals surface area contributed by atoms with E-state index >= 15 is 0 Å². The van der Waals surface area contributed by atoms with Crippen LogP contribution in [0, 0.1) is 6.92 Å². The van der Waals surface area contributed by atoms with Crippen molar-refractivity contribution < 1.29 is 13.9 Å². The maximum atomic E-state index is 12.9. The van der Waals surface area contributed by atoms with Crippen LogP contribution >= 0.6 is 0 Å². The Hall–Kier alpha value is -3.79. The summed E-state index contributed by atoms with van der Waals surface area (Å²) in [6.45, 7) is 3.13. The van der Waals surface area contributed by atoms with Crippen LogP contribution in [0.15, 0.2) is 41.4 Å². The lowest BCUT2D eigenvalue weighted by Crippen LogP contribution is -2.41. The van der Waals surface area contributed by atoms with Crippen LogP contribution in [0.1, 0.15) is 29.0 Å². The molecule has 1 amide bonds. The molecule has 5 heterocycles. The molecule has 10 heteroatoms. The number of carbonyl (C=O) groups is 1. The summed E-state index contributed by atoms with van der Waals surface area (Å²) in [4.78, 5) is 30.5. The molecule has 1 aliphatic rings. The predicted molar refractivity (Wildman–Crippen MR) is 112 cm³/mol. The maximum absolute atomic E-state index is 12.9. The van der Waals surface area contributed by atoms with Gasteiger partial charge < -0.3 is 24.6 Å². The van der Waals surface area contributed by atoms with Crippen molar-refractivity contribution in [2.45, 2.75) is 25.8 Å². The van der Waals surface area contributed by atoms with Crippen molar-refractivity contribution >= 4 is 17.4 Å². The Balaban J connectivity index is 1.60. The van der Waals surface area contributed by atoms with Crippen LogP contribution in [0.3, 0.4) is 0 Å². The standard InChI is InChI=1S/C21H21N7O3/c1-12-9-24-15-5-4-13(10-28(12)15)16-17(21-23-6-8-31-21)27-19(22)18(26-16)20(29)25-14-3-2-7-30-11-14/h4-6,8-10,14H,2-3,7,11H2,1H3,(H2,22,27)(H,25,29). The van der Waals surface area contributed by atoms with E-state index in [0.717, 1.165) is 29.7 Å². The SMILES string of the molecule is Cc1cnc2ccc(-c3nc(C(=O)NC4CCCOC4)c(N)nc3-c3ncco3)cn12. The molecule has 0 bridgehead atoms. The first-order valence-electron chi connectivity index (χ1n) is 10.00. The first kappa shape index (κ1) is 19.2. The largest absolute Gasteiger partial charge is 0.443 e. The third kappa shape index (κ3) is 3.61. The fourth-order valence-corrected chi connectivity index (χ4v) is 3.66. The quantitative estimate of drug-likeness (QED) is 0.514. The van der Waals surface area contributed by atoms with Crippen LogP contribution in [0.25, 0.3) is 28.5 Å². The van der Waals surface area contributed by atoms with Crippen LogP contribution in [0.5, 0.6) is 0 Å². The molecule has 5 rings (SSSR count). The van der Waals surface area contributed by atoms with E-state index in [-0.39, 0.29) is 29.4 Å². The number of nitrogens with two attached hydrogens (primary N) is 1. The average Bonchev–Trinajstić information content (AvgIpc) is 3.44. The highest BCUT2D eigenvalue weighted by atomic mass is 16.5. The van der Waals surface area contributed by atoms with Gasteiger partial charge in [0.15, 0.2) is 17.2 Å². The Bertz CT molecular complexity index is 1240. The number of carbonyl (C=O) groups excluding carboxylic acids is 1. The normalized spacial score (nSPS) is 16.5. The molecule has 31 heavy (non-hydrogen) atoms. The van der Waals surface area contributed by atoms with Crippen LogP contribution < -0.4 is 11.1 Å². The third-order valence-electron chi connectivity index (χ3n) is 5.23. The average molecular weight is 419 g/mol. The Morgan fingerprint density at radius 2 is 2.16 bits per heavy atom. The summed E-state index contributed by atoms with van der Waals surface area (Å²) >= 11 is 0. The van der Waals surface area contributed by atoms with Gasteiger partial charge in [-0.05, 0) is 31.9 Å². The zero-order valence-corrected chi connectivity index (χ0v) is 16.9. The number of nitrogens with zero attached hydrogens (tertiary/aromatic N) is 5. The van der Waals surface area contributed by atoms with Gasteiger partial charge in [-0.15, -0.1) is 0 Å². The van der Waals surface area contributed by atoms with Crippen molar-refractivity contribution in [3.05, 3.63) is 48.4 Å². The summed E-state index contributed by atoms with van der Waals surface area (Å²) in [5, 5.41) is 2.94. The van der Waals surface area contributed by atoms with E-state index in [1.807, 2.05) is 29.7 Å². The number of pyridine rings is 1. The Kier molecular flexibility index (Phi) is 4.83. The van der Waals surface area contributed by atoms with E-state index in [9.17, 15) is 4.79 Å². The smallest absolute Gasteiger partial charge is 0.274 e. The molecule has 3 N–H and O–H groups in total. The van der Waals surface area contributed by atoms with Gasteiger partial charge in [-0.1, -0.05) is 0 Å². The zero-order valence-electron chi connectivity index (χ0n) is 16.9. The number of amides is 1. The van der Waals surface area contributed by atoms with Crippen LogP contribution in [-0.4, -0.2) is 49.5 Å². The van der Waals surface area contributed by atoms with Gasteiger partial charge >= 0.3 is 0 Å². The number of fused-ring (bicyclic) bond motifs is 1. The van der Waals surface area contributed by atoms with E-state index in [2.05, 4.69) is 25.3 Å². The number of aromatic nitrogens is 5. The second-order valence-corrected chi connectivity index (χ2v) is 7.43.